The van der Waals surface area contributed by atoms with Gasteiger partial charge in [-0.2, -0.15) is 5.10 Å². The number of aromatic nitrogens is 5. The van der Waals surface area contributed by atoms with Gasteiger partial charge in [0.1, 0.15) is 22.3 Å². The first-order valence-electron chi connectivity index (χ1n) is 10.7. The van der Waals surface area contributed by atoms with E-state index in [1.54, 1.807) is 37.1 Å². The van der Waals surface area contributed by atoms with Crippen molar-refractivity contribution in [1.82, 2.24) is 24.7 Å². The van der Waals surface area contributed by atoms with Crippen LogP contribution in [0.1, 0.15) is 15.9 Å². The second-order valence-corrected chi connectivity index (χ2v) is 8.10. The van der Waals surface area contributed by atoms with E-state index in [1.807, 2.05) is 42.5 Å². The van der Waals surface area contributed by atoms with Crippen LogP contribution in [0.4, 0.5) is 5.82 Å². The zero-order chi connectivity index (χ0) is 24.4. The molecule has 0 atom stereocenters. The van der Waals surface area contributed by atoms with Crippen molar-refractivity contribution in [2.45, 2.75) is 6.54 Å². The van der Waals surface area contributed by atoms with Crippen LogP contribution in [0.3, 0.4) is 0 Å². The maximum atomic E-state index is 12.7. The number of hydrogen-bond acceptors (Lipinski definition) is 6. The molecule has 1 amide bonds. The average Bonchev–Trinajstić information content (AvgIpc) is 3.47. The number of anilines is 1. The van der Waals surface area contributed by atoms with Crippen molar-refractivity contribution >= 4 is 34.4 Å². The molecule has 0 saturated heterocycles. The van der Waals surface area contributed by atoms with Gasteiger partial charge in [0.05, 0.1) is 37.4 Å². The number of amides is 1. The van der Waals surface area contributed by atoms with E-state index in [-0.39, 0.29) is 5.91 Å². The Balaban J connectivity index is 1.51. The summed E-state index contributed by atoms with van der Waals surface area (Å²) in [5.41, 5.74) is 3.70. The third-order valence-electron chi connectivity index (χ3n) is 5.44. The monoisotopic (exact) mass is 488 g/mol. The molecule has 9 nitrogen and oxygen atoms in total. The molecule has 3 heterocycles. The van der Waals surface area contributed by atoms with Gasteiger partial charge in [-0.25, -0.2) is 9.97 Å². The summed E-state index contributed by atoms with van der Waals surface area (Å²) >= 11 is 5.83. The number of halogens is 1. The minimum Gasteiger partial charge on any atom is -0.497 e. The number of fused-ring (bicyclic) bond motifs is 1. The molecule has 0 spiro atoms. The topological polar surface area (TPSA) is 107 Å². The van der Waals surface area contributed by atoms with Gasteiger partial charge in [0.2, 0.25) is 0 Å². The lowest BCUT2D eigenvalue weighted by atomic mass is 10.2. The van der Waals surface area contributed by atoms with Gasteiger partial charge >= 0.3 is 0 Å². The first-order valence-corrected chi connectivity index (χ1v) is 11.1. The van der Waals surface area contributed by atoms with Crippen LogP contribution in [-0.2, 0) is 6.54 Å². The molecule has 0 radical (unpaired) electrons. The van der Waals surface area contributed by atoms with Crippen LogP contribution < -0.4 is 14.8 Å². The summed E-state index contributed by atoms with van der Waals surface area (Å²) in [7, 11) is 3.24. The van der Waals surface area contributed by atoms with Gasteiger partial charge in [-0.05, 0) is 42.0 Å². The first-order chi connectivity index (χ1) is 17.0. The summed E-state index contributed by atoms with van der Waals surface area (Å²) in [5.74, 6) is 2.13. The molecule has 2 N–H and O–H groups in total. The van der Waals surface area contributed by atoms with Gasteiger partial charge in [-0.1, -0.05) is 23.7 Å². The number of hydrogen-bond donors (Lipinski definition) is 2. The molecule has 5 rings (SSSR count). The third-order valence-corrected chi connectivity index (χ3v) is 5.66. The van der Waals surface area contributed by atoms with E-state index in [2.05, 4.69) is 20.4 Å². The number of nitrogens with zero attached hydrogens (tertiary/aromatic N) is 4. The fraction of sp³-hybridized carbons (Fsp3) is 0.120. The van der Waals surface area contributed by atoms with Crippen LogP contribution in [0.15, 0.2) is 66.9 Å². The van der Waals surface area contributed by atoms with Crippen LogP contribution in [-0.4, -0.2) is 44.9 Å². The highest BCUT2D eigenvalue weighted by Crippen LogP contribution is 2.27. The molecule has 0 saturated carbocycles. The minimum atomic E-state index is -0.343. The van der Waals surface area contributed by atoms with E-state index < -0.39 is 0 Å². The SMILES string of the molecule is COc1ccc(Cn2nc(NC(=O)c3ccc(Cl)nc3)cc2-c2nc3cc(OC)ccc3[nH]2)cc1. The first kappa shape index (κ1) is 22.4. The Morgan fingerprint density at radius 3 is 2.51 bits per heavy atom. The zero-order valence-electron chi connectivity index (χ0n) is 18.9. The normalized spacial score (nSPS) is 10.9. The molecule has 0 unspecified atom stereocenters. The van der Waals surface area contributed by atoms with Crippen molar-refractivity contribution in [2.24, 2.45) is 0 Å². The Morgan fingerprint density at radius 2 is 1.80 bits per heavy atom. The van der Waals surface area contributed by atoms with E-state index in [1.165, 1.54) is 6.20 Å². The Kier molecular flexibility index (Phi) is 6.07. The number of nitrogens with one attached hydrogen (secondary N) is 2. The van der Waals surface area contributed by atoms with Crippen molar-refractivity contribution in [3.05, 3.63) is 83.1 Å². The number of pyridine rings is 1. The van der Waals surface area contributed by atoms with Crippen molar-refractivity contribution in [3.8, 4) is 23.0 Å². The predicted octanol–water partition coefficient (Wildman–Crippen LogP) is 4.79. The maximum Gasteiger partial charge on any atom is 0.258 e. The summed E-state index contributed by atoms with van der Waals surface area (Å²) in [6, 6.07) is 18.3. The minimum absolute atomic E-state index is 0.314. The number of benzene rings is 2. The number of carbonyl (C=O) groups is 1. The van der Waals surface area contributed by atoms with Crippen LogP contribution in [0.2, 0.25) is 5.15 Å². The molecule has 0 aliphatic carbocycles. The highest BCUT2D eigenvalue weighted by atomic mass is 35.5. The van der Waals surface area contributed by atoms with E-state index in [0.717, 1.165) is 22.3 Å². The Hall–Kier alpha value is -4.37. The molecule has 2 aromatic carbocycles. The van der Waals surface area contributed by atoms with Gasteiger partial charge in [-0.3, -0.25) is 9.48 Å². The van der Waals surface area contributed by atoms with Gasteiger partial charge in [0.15, 0.2) is 11.6 Å². The van der Waals surface area contributed by atoms with E-state index in [9.17, 15) is 4.79 Å². The number of carbonyl (C=O) groups excluding carboxylic acids is 1. The summed E-state index contributed by atoms with van der Waals surface area (Å²) in [6.45, 7) is 0.456. The van der Waals surface area contributed by atoms with E-state index >= 15 is 0 Å². The van der Waals surface area contributed by atoms with Crippen LogP contribution in [0.5, 0.6) is 11.5 Å². The standard InChI is InChI=1S/C25H21ClN6O3/c1-34-17-6-3-15(4-7-17)14-32-21(24-28-19-9-8-18(35-2)11-20(19)29-24)12-23(31-32)30-25(33)16-5-10-22(26)27-13-16/h3-13H,14H2,1-2H3,(H,28,29)(H,30,31,33). The van der Waals surface area contributed by atoms with Crippen LogP contribution in [0, 0.1) is 0 Å². The smallest absolute Gasteiger partial charge is 0.258 e. The maximum absolute atomic E-state index is 12.7. The quantitative estimate of drug-likeness (QED) is 0.319. The molecule has 176 valence electrons. The molecule has 0 aliphatic rings. The largest absolute Gasteiger partial charge is 0.497 e. The molecular weight excluding hydrogens is 468 g/mol. The van der Waals surface area contributed by atoms with E-state index in [4.69, 9.17) is 26.1 Å². The molecule has 0 aliphatic heterocycles. The van der Waals surface area contributed by atoms with Gasteiger partial charge < -0.3 is 19.8 Å². The number of aromatic amines is 1. The molecule has 0 fully saturated rings. The average molecular weight is 489 g/mol. The van der Waals surface area contributed by atoms with Crippen molar-refractivity contribution in [1.29, 1.82) is 0 Å². The summed E-state index contributed by atoms with van der Waals surface area (Å²) in [5, 5.41) is 7.78. The molecule has 0 bridgehead atoms. The summed E-state index contributed by atoms with van der Waals surface area (Å²) < 4.78 is 12.4. The van der Waals surface area contributed by atoms with Gasteiger partial charge in [0.25, 0.3) is 5.91 Å². The molecule has 5 aromatic rings. The number of H-pyrrole nitrogens is 1. The number of imidazole rings is 1. The highest BCUT2D eigenvalue weighted by Gasteiger charge is 2.17. The third kappa shape index (κ3) is 4.80. The number of ether oxygens (including phenoxy) is 2. The predicted molar refractivity (Wildman–Crippen MR) is 133 cm³/mol. The highest BCUT2D eigenvalue weighted by molar-refractivity contribution is 6.29. The number of rotatable bonds is 7. The molecular formula is C25H21ClN6O3. The van der Waals surface area contributed by atoms with Crippen molar-refractivity contribution in [3.63, 3.8) is 0 Å². The Bertz CT molecular complexity index is 1490. The van der Waals surface area contributed by atoms with Crippen LogP contribution >= 0.6 is 11.6 Å². The van der Waals surface area contributed by atoms with Gasteiger partial charge in [0, 0.05) is 18.3 Å². The second kappa shape index (κ2) is 9.47. The summed E-state index contributed by atoms with van der Waals surface area (Å²) in [4.78, 5) is 24.7. The lowest BCUT2D eigenvalue weighted by molar-refractivity contribution is 0.102. The lowest BCUT2D eigenvalue weighted by Gasteiger charge is -2.07. The summed E-state index contributed by atoms with van der Waals surface area (Å²) in [6.07, 6.45) is 1.42. The fourth-order valence-corrected chi connectivity index (χ4v) is 3.74. The second-order valence-electron chi connectivity index (χ2n) is 7.71. The molecule has 3 aromatic heterocycles. The molecule has 35 heavy (non-hydrogen) atoms. The molecule has 10 heteroatoms. The van der Waals surface area contributed by atoms with Crippen molar-refractivity contribution in [2.75, 3.05) is 19.5 Å². The number of methoxy groups -OCH3 is 2. The van der Waals surface area contributed by atoms with Gasteiger partial charge in [-0.15, -0.1) is 0 Å². The Labute approximate surface area is 205 Å². The zero-order valence-corrected chi connectivity index (χ0v) is 19.7. The van der Waals surface area contributed by atoms with E-state index in [0.29, 0.717) is 40.3 Å². The van der Waals surface area contributed by atoms with Crippen LogP contribution in [0.25, 0.3) is 22.6 Å². The lowest BCUT2D eigenvalue weighted by Crippen LogP contribution is -2.13. The fourth-order valence-electron chi connectivity index (χ4n) is 3.63. The Morgan fingerprint density at radius 1 is 1.03 bits per heavy atom. The van der Waals surface area contributed by atoms with Crippen molar-refractivity contribution < 1.29 is 14.3 Å².